The number of methoxy groups -OCH3 is 1. The van der Waals surface area contributed by atoms with Gasteiger partial charge in [-0.25, -0.2) is 0 Å². The Morgan fingerprint density at radius 3 is 2.38 bits per heavy atom. The Morgan fingerprint density at radius 2 is 1.67 bits per heavy atom. The summed E-state index contributed by atoms with van der Waals surface area (Å²) in [6.07, 6.45) is 0.978. The molecule has 2 aromatic rings. The molecule has 0 amide bonds. The van der Waals surface area contributed by atoms with E-state index in [4.69, 9.17) is 21.1 Å². The van der Waals surface area contributed by atoms with Gasteiger partial charge in [0.2, 0.25) is 0 Å². The summed E-state index contributed by atoms with van der Waals surface area (Å²) in [5.74, 6) is 1.54. The van der Waals surface area contributed by atoms with E-state index in [2.05, 4.69) is 17.4 Å². The van der Waals surface area contributed by atoms with Gasteiger partial charge in [-0.05, 0) is 42.8 Å². The highest BCUT2D eigenvalue weighted by Gasteiger charge is 2.01. The number of hydrogen-bond acceptors (Lipinski definition) is 3. The lowest BCUT2D eigenvalue weighted by atomic mass is 10.1. The van der Waals surface area contributed by atoms with Crippen LogP contribution in [0.4, 0.5) is 0 Å². The van der Waals surface area contributed by atoms with Gasteiger partial charge in [-0.1, -0.05) is 35.9 Å². The maximum absolute atomic E-state index is 5.85. The molecule has 21 heavy (non-hydrogen) atoms. The van der Waals surface area contributed by atoms with Gasteiger partial charge >= 0.3 is 0 Å². The molecule has 112 valence electrons. The third-order valence-corrected chi connectivity index (χ3v) is 3.36. The Kier molecular flexibility index (Phi) is 6.38. The summed E-state index contributed by atoms with van der Waals surface area (Å²) in [7, 11) is 1.65. The maximum Gasteiger partial charge on any atom is 0.161 e. The first kappa shape index (κ1) is 15.7. The van der Waals surface area contributed by atoms with Crippen molar-refractivity contribution in [3.8, 4) is 11.5 Å². The summed E-state index contributed by atoms with van der Waals surface area (Å²) < 4.78 is 10.9. The zero-order valence-electron chi connectivity index (χ0n) is 12.1. The fourth-order valence-corrected chi connectivity index (χ4v) is 2.11. The second-order valence-corrected chi connectivity index (χ2v) is 5.06. The first-order chi connectivity index (χ1) is 10.3. The lowest BCUT2D eigenvalue weighted by Crippen LogP contribution is -2.23. The molecule has 0 aliphatic carbocycles. The summed E-state index contributed by atoms with van der Waals surface area (Å²) in [5, 5.41) is 4.13. The van der Waals surface area contributed by atoms with Crippen LogP contribution in [0.1, 0.15) is 5.56 Å². The number of hydrogen-bond donors (Lipinski definition) is 1. The number of benzene rings is 2. The molecule has 0 saturated carbocycles. The van der Waals surface area contributed by atoms with Gasteiger partial charge in [-0.3, -0.25) is 0 Å². The molecule has 0 radical (unpaired) electrons. The smallest absolute Gasteiger partial charge is 0.161 e. The van der Waals surface area contributed by atoms with Crippen molar-refractivity contribution in [1.82, 2.24) is 5.32 Å². The van der Waals surface area contributed by atoms with E-state index in [1.807, 2.05) is 36.4 Å². The van der Waals surface area contributed by atoms with Gasteiger partial charge in [0, 0.05) is 11.6 Å². The number of nitrogens with one attached hydrogen (secondary N) is 1. The van der Waals surface area contributed by atoms with E-state index in [0.717, 1.165) is 36.0 Å². The average molecular weight is 306 g/mol. The second kappa shape index (κ2) is 8.55. The zero-order valence-corrected chi connectivity index (χ0v) is 12.9. The highest BCUT2D eigenvalue weighted by Crippen LogP contribution is 2.25. The van der Waals surface area contributed by atoms with Crippen LogP contribution < -0.4 is 14.8 Å². The van der Waals surface area contributed by atoms with Gasteiger partial charge in [-0.15, -0.1) is 0 Å². The fraction of sp³-hybridized carbons (Fsp3) is 0.294. The van der Waals surface area contributed by atoms with Crippen LogP contribution in [0, 0.1) is 0 Å². The summed E-state index contributed by atoms with van der Waals surface area (Å²) in [6.45, 7) is 2.32. The fourth-order valence-electron chi connectivity index (χ4n) is 1.98. The predicted molar refractivity (Wildman–Crippen MR) is 86.5 cm³/mol. The van der Waals surface area contributed by atoms with E-state index in [1.54, 1.807) is 7.11 Å². The van der Waals surface area contributed by atoms with E-state index < -0.39 is 0 Å². The molecule has 0 atom stereocenters. The van der Waals surface area contributed by atoms with Crippen LogP contribution in [-0.4, -0.2) is 26.8 Å². The quantitative estimate of drug-likeness (QED) is 0.757. The van der Waals surface area contributed by atoms with Crippen molar-refractivity contribution in [2.24, 2.45) is 0 Å². The summed E-state index contributed by atoms with van der Waals surface area (Å²) in [6, 6.07) is 15.6. The Bertz CT molecular complexity index is 543. The SMILES string of the molecule is COc1ccccc1OCCNCCc1ccc(Cl)cc1. The Morgan fingerprint density at radius 1 is 0.952 bits per heavy atom. The normalized spacial score (nSPS) is 10.4. The van der Waals surface area contributed by atoms with Crippen molar-refractivity contribution in [3.63, 3.8) is 0 Å². The molecule has 0 fully saturated rings. The van der Waals surface area contributed by atoms with E-state index in [0.29, 0.717) is 6.61 Å². The monoisotopic (exact) mass is 305 g/mol. The van der Waals surface area contributed by atoms with E-state index in [9.17, 15) is 0 Å². The number of rotatable bonds is 8. The third kappa shape index (κ3) is 5.29. The minimum absolute atomic E-state index is 0.612. The van der Waals surface area contributed by atoms with Crippen LogP contribution in [0.25, 0.3) is 0 Å². The topological polar surface area (TPSA) is 30.5 Å². The minimum atomic E-state index is 0.612. The van der Waals surface area contributed by atoms with E-state index >= 15 is 0 Å². The van der Waals surface area contributed by atoms with Gasteiger partial charge in [0.05, 0.1) is 7.11 Å². The van der Waals surface area contributed by atoms with Crippen LogP contribution in [0.5, 0.6) is 11.5 Å². The lowest BCUT2D eigenvalue weighted by molar-refractivity contribution is 0.292. The predicted octanol–water partition coefficient (Wildman–Crippen LogP) is 3.56. The molecule has 0 bridgehead atoms. The number of para-hydroxylation sites is 2. The molecule has 4 heteroatoms. The van der Waals surface area contributed by atoms with Crippen LogP contribution in [0.15, 0.2) is 48.5 Å². The van der Waals surface area contributed by atoms with E-state index in [1.165, 1.54) is 5.56 Å². The van der Waals surface area contributed by atoms with Gasteiger partial charge in [-0.2, -0.15) is 0 Å². The molecule has 0 aromatic heterocycles. The van der Waals surface area contributed by atoms with Crippen molar-refractivity contribution in [2.75, 3.05) is 26.8 Å². The molecule has 0 aliphatic heterocycles. The molecule has 2 aromatic carbocycles. The standard InChI is InChI=1S/C17H20ClNO2/c1-20-16-4-2-3-5-17(16)21-13-12-19-11-10-14-6-8-15(18)9-7-14/h2-9,19H,10-13H2,1H3. The molecule has 3 nitrogen and oxygen atoms in total. The second-order valence-electron chi connectivity index (χ2n) is 4.63. The van der Waals surface area contributed by atoms with E-state index in [-0.39, 0.29) is 0 Å². The Hall–Kier alpha value is -1.71. The first-order valence-electron chi connectivity index (χ1n) is 7.00. The molecule has 2 rings (SSSR count). The number of halogens is 1. The van der Waals surface area contributed by atoms with Crippen molar-refractivity contribution in [1.29, 1.82) is 0 Å². The van der Waals surface area contributed by atoms with Crippen molar-refractivity contribution >= 4 is 11.6 Å². The van der Waals surface area contributed by atoms with Gasteiger partial charge in [0.1, 0.15) is 6.61 Å². The van der Waals surface area contributed by atoms with Crippen LogP contribution in [0.2, 0.25) is 5.02 Å². The summed E-state index contributed by atoms with van der Waals surface area (Å²) in [5.41, 5.74) is 1.28. The highest BCUT2D eigenvalue weighted by atomic mass is 35.5. The maximum atomic E-state index is 5.85. The lowest BCUT2D eigenvalue weighted by Gasteiger charge is -2.10. The van der Waals surface area contributed by atoms with Crippen molar-refractivity contribution < 1.29 is 9.47 Å². The third-order valence-electron chi connectivity index (χ3n) is 3.11. The molecular formula is C17H20ClNO2. The minimum Gasteiger partial charge on any atom is -0.493 e. The first-order valence-corrected chi connectivity index (χ1v) is 7.38. The molecule has 0 aliphatic rings. The molecule has 0 heterocycles. The Labute approximate surface area is 130 Å². The van der Waals surface area contributed by atoms with Crippen LogP contribution in [0.3, 0.4) is 0 Å². The van der Waals surface area contributed by atoms with Gasteiger partial charge < -0.3 is 14.8 Å². The summed E-state index contributed by atoms with van der Waals surface area (Å²) in [4.78, 5) is 0. The average Bonchev–Trinajstić information content (AvgIpc) is 2.53. The van der Waals surface area contributed by atoms with Crippen molar-refractivity contribution in [3.05, 3.63) is 59.1 Å². The van der Waals surface area contributed by atoms with Crippen LogP contribution >= 0.6 is 11.6 Å². The summed E-state index contributed by atoms with van der Waals surface area (Å²) >= 11 is 5.85. The van der Waals surface area contributed by atoms with Gasteiger partial charge in [0.25, 0.3) is 0 Å². The number of ether oxygens (including phenoxy) is 2. The molecule has 0 spiro atoms. The molecule has 0 unspecified atom stereocenters. The van der Waals surface area contributed by atoms with Crippen molar-refractivity contribution in [2.45, 2.75) is 6.42 Å². The molecule has 1 N–H and O–H groups in total. The largest absolute Gasteiger partial charge is 0.493 e. The molecular weight excluding hydrogens is 286 g/mol. The van der Waals surface area contributed by atoms with Crippen LogP contribution in [-0.2, 0) is 6.42 Å². The van der Waals surface area contributed by atoms with Gasteiger partial charge in [0.15, 0.2) is 11.5 Å². The molecule has 0 saturated heterocycles. The Balaban J connectivity index is 1.63. The highest BCUT2D eigenvalue weighted by molar-refractivity contribution is 6.30. The zero-order chi connectivity index (χ0) is 14.9.